The molecule has 0 bridgehead atoms. The Labute approximate surface area is 120 Å². The maximum atomic E-state index is 5.45. The Morgan fingerprint density at radius 2 is 2.15 bits per heavy atom. The van der Waals surface area contributed by atoms with Gasteiger partial charge < -0.3 is 14.6 Å². The van der Waals surface area contributed by atoms with E-state index in [0.29, 0.717) is 6.04 Å². The van der Waals surface area contributed by atoms with Gasteiger partial charge in [-0.15, -0.1) is 0 Å². The smallest absolute Gasteiger partial charge is 0.243 e. The van der Waals surface area contributed by atoms with E-state index in [2.05, 4.69) is 15.5 Å². The second kappa shape index (κ2) is 6.68. The van der Waals surface area contributed by atoms with E-state index in [0.717, 1.165) is 43.5 Å². The minimum atomic E-state index is 0.262. The van der Waals surface area contributed by atoms with Crippen molar-refractivity contribution >= 4 is 0 Å². The fraction of sp³-hybridized carbons (Fsp3) is 0.867. The first-order valence-corrected chi connectivity index (χ1v) is 7.94. The third-order valence-corrected chi connectivity index (χ3v) is 4.68. The zero-order valence-corrected chi connectivity index (χ0v) is 12.3. The van der Waals surface area contributed by atoms with Gasteiger partial charge in [0.05, 0.1) is 6.04 Å². The highest BCUT2D eigenvalue weighted by atomic mass is 16.5. The Balaban J connectivity index is 1.56. The van der Waals surface area contributed by atoms with Crippen molar-refractivity contribution in [1.82, 2.24) is 15.5 Å². The van der Waals surface area contributed by atoms with Crippen LogP contribution in [-0.4, -0.2) is 29.9 Å². The number of nitrogens with zero attached hydrogens (tertiary/aromatic N) is 2. The quantitative estimate of drug-likeness (QED) is 0.840. The van der Waals surface area contributed by atoms with Gasteiger partial charge in [-0.2, -0.15) is 4.98 Å². The number of fused-ring (bicyclic) bond motifs is 1. The Morgan fingerprint density at radius 3 is 3.05 bits per heavy atom. The number of hydrogen-bond acceptors (Lipinski definition) is 5. The zero-order chi connectivity index (χ0) is 13.8. The Morgan fingerprint density at radius 1 is 1.25 bits per heavy atom. The van der Waals surface area contributed by atoms with Crippen molar-refractivity contribution in [2.45, 2.75) is 63.5 Å². The first-order chi connectivity index (χ1) is 9.86. The van der Waals surface area contributed by atoms with Gasteiger partial charge in [-0.1, -0.05) is 18.0 Å². The molecule has 1 aliphatic heterocycles. The van der Waals surface area contributed by atoms with Crippen LogP contribution in [0.2, 0.25) is 0 Å². The summed E-state index contributed by atoms with van der Waals surface area (Å²) in [5.41, 5.74) is 0. The van der Waals surface area contributed by atoms with E-state index in [1.54, 1.807) is 7.11 Å². The number of ether oxygens (including phenoxy) is 1. The summed E-state index contributed by atoms with van der Waals surface area (Å²) in [5, 5.41) is 7.82. The highest BCUT2D eigenvalue weighted by Gasteiger charge is 2.34. The summed E-state index contributed by atoms with van der Waals surface area (Å²) in [6.45, 7) is 0.745. The molecule has 5 nitrogen and oxygen atoms in total. The molecule has 1 saturated carbocycles. The summed E-state index contributed by atoms with van der Waals surface area (Å²) >= 11 is 0. The largest absolute Gasteiger partial charge is 0.385 e. The molecule has 2 fully saturated rings. The number of piperidine rings is 1. The standard InChI is InChI=1S/C15H25N3O2/c1-19-10-4-7-14-17-15(20-18-14)13-9-8-11-5-2-3-6-12(11)16-13/h11-13,16H,2-10H2,1H3. The minimum absolute atomic E-state index is 0.262. The van der Waals surface area contributed by atoms with Gasteiger partial charge in [0, 0.05) is 26.2 Å². The molecule has 3 atom stereocenters. The van der Waals surface area contributed by atoms with Crippen molar-refractivity contribution in [3.8, 4) is 0 Å². The summed E-state index contributed by atoms with van der Waals surface area (Å²) in [4.78, 5) is 4.55. The zero-order valence-electron chi connectivity index (χ0n) is 12.3. The van der Waals surface area contributed by atoms with E-state index in [-0.39, 0.29) is 6.04 Å². The van der Waals surface area contributed by atoms with Gasteiger partial charge in [-0.05, 0) is 38.0 Å². The molecular weight excluding hydrogens is 254 g/mol. The van der Waals surface area contributed by atoms with Crippen LogP contribution >= 0.6 is 0 Å². The predicted octanol–water partition coefficient (Wildman–Crippen LogP) is 2.63. The van der Waals surface area contributed by atoms with Gasteiger partial charge in [0.2, 0.25) is 5.89 Å². The maximum absolute atomic E-state index is 5.45. The monoisotopic (exact) mass is 279 g/mol. The van der Waals surface area contributed by atoms with Crippen LogP contribution in [0.15, 0.2) is 4.52 Å². The van der Waals surface area contributed by atoms with Crippen LogP contribution in [0.5, 0.6) is 0 Å². The van der Waals surface area contributed by atoms with E-state index < -0.39 is 0 Å². The Bertz CT molecular complexity index is 421. The summed E-state index contributed by atoms with van der Waals surface area (Å²) in [6, 6.07) is 0.921. The molecular formula is C15H25N3O2. The highest BCUT2D eigenvalue weighted by molar-refractivity contribution is 4.99. The normalized spacial score (nSPS) is 30.1. The molecule has 3 rings (SSSR count). The third-order valence-electron chi connectivity index (χ3n) is 4.68. The van der Waals surface area contributed by atoms with Crippen molar-refractivity contribution in [1.29, 1.82) is 0 Å². The number of methoxy groups -OCH3 is 1. The lowest BCUT2D eigenvalue weighted by molar-refractivity contribution is 0.158. The molecule has 1 saturated heterocycles. The molecule has 20 heavy (non-hydrogen) atoms. The van der Waals surface area contributed by atoms with E-state index in [9.17, 15) is 0 Å². The van der Waals surface area contributed by atoms with Crippen LogP contribution < -0.4 is 5.32 Å². The molecule has 1 N–H and O–H groups in total. The number of aryl methyl sites for hydroxylation is 1. The first-order valence-electron chi connectivity index (χ1n) is 7.94. The van der Waals surface area contributed by atoms with E-state index in [1.165, 1.54) is 32.1 Å². The highest BCUT2D eigenvalue weighted by Crippen LogP contribution is 2.36. The molecule has 0 amide bonds. The third kappa shape index (κ3) is 3.20. The SMILES string of the molecule is COCCCc1noc(C2CCC3CCCCC3N2)n1. The van der Waals surface area contributed by atoms with Crippen molar-refractivity contribution in [3.05, 3.63) is 11.7 Å². The second-order valence-electron chi connectivity index (χ2n) is 6.09. The second-order valence-corrected chi connectivity index (χ2v) is 6.09. The van der Waals surface area contributed by atoms with E-state index in [1.807, 2.05) is 0 Å². The van der Waals surface area contributed by atoms with Crippen LogP contribution in [0.25, 0.3) is 0 Å². The molecule has 112 valence electrons. The minimum Gasteiger partial charge on any atom is -0.385 e. The average molecular weight is 279 g/mol. The fourth-order valence-corrected chi connectivity index (χ4v) is 3.58. The molecule has 0 spiro atoms. The predicted molar refractivity (Wildman–Crippen MR) is 75.4 cm³/mol. The van der Waals surface area contributed by atoms with Crippen molar-refractivity contribution in [2.75, 3.05) is 13.7 Å². The van der Waals surface area contributed by atoms with Crippen molar-refractivity contribution in [3.63, 3.8) is 0 Å². The maximum Gasteiger partial charge on any atom is 0.243 e. The molecule has 0 aromatic carbocycles. The van der Waals surface area contributed by atoms with E-state index >= 15 is 0 Å². The van der Waals surface area contributed by atoms with Crippen LogP contribution in [0.3, 0.4) is 0 Å². The Hall–Kier alpha value is -0.940. The lowest BCUT2D eigenvalue weighted by Gasteiger charge is -2.39. The van der Waals surface area contributed by atoms with Crippen LogP contribution in [0, 0.1) is 5.92 Å². The van der Waals surface area contributed by atoms with Crippen molar-refractivity contribution < 1.29 is 9.26 Å². The van der Waals surface area contributed by atoms with Crippen LogP contribution in [-0.2, 0) is 11.2 Å². The molecule has 5 heteroatoms. The molecule has 1 aliphatic carbocycles. The van der Waals surface area contributed by atoms with E-state index in [4.69, 9.17) is 9.26 Å². The molecule has 3 unspecified atom stereocenters. The van der Waals surface area contributed by atoms with Crippen LogP contribution in [0.4, 0.5) is 0 Å². The van der Waals surface area contributed by atoms with Gasteiger partial charge >= 0.3 is 0 Å². The molecule has 0 radical (unpaired) electrons. The lowest BCUT2D eigenvalue weighted by Crippen LogP contribution is -2.44. The summed E-state index contributed by atoms with van der Waals surface area (Å²) < 4.78 is 10.5. The van der Waals surface area contributed by atoms with Gasteiger partial charge in [-0.3, -0.25) is 0 Å². The number of rotatable bonds is 5. The Kier molecular flexibility index (Phi) is 4.68. The number of hydrogen-bond donors (Lipinski definition) is 1. The summed E-state index contributed by atoms with van der Waals surface area (Å²) in [6.07, 6.45) is 9.64. The topological polar surface area (TPSA) is 60.2 Å². The number of nitrogens with one attached hydrogen (secondary N) is 1. The van der Waals surface area contributed by atoms with Gasteiger partial charge in [0.25, 0.3) is 0 Å². The van der Waals surface area contributed by atoms with Crippen molar-refractivity contribution in [2.24, 2.45) is 5.92 Å². The molecule has 1 aromatic rings. The van der Waals surface area contributed by atoms with Gasteiger partial charge in [0.1, 0.15) is 0 Å². The first kappa shape index (κ1) is 14.0. The van der Waals surface area contributed by atoms with Gasteiger partial charge in [0.15, 0.2) is 5.82 Å². The number of aromatic nitrogens is 2. The average Bonchev–Trinajstić information content (AvgIpc) is 2.96. The molecule has 2 heterocycles. The fourth-order valence-electron chi connectivity index (χ4n) is 3.58. The molecule has 1 aromatic heterocycles. The van der Waals surface area contributed by atoms with Gasteiger partial charge in [-0.25, -0.2) is 0 Å². The summed E-state index contributed by atoms with van der Waals surface area (Å²) in [7, 11) is 1.72. The lowest BCUT2D eigenvalue weighted by atomic mass is 9.78. The van der Waals surface area contributed by atoms with Crippen LogP contribution in [0.1, 0.15) is 62.7 Å². The summed E-state index contributed by atoms with van der Waals surface area (Å²) in [5.74, 6) is 2.45. The molecule has 2 aliphatic rings.